The molecule has 1 saturated carbocycles. The van der Waals surface area contributed by atoms with Crippen LogP contribution in [0.25, 0.3) is 0 Å². The number of halogens is 1. The summed E-state index contributed by atoms with van der Waals surface area (Å²) in [6.45, 7) is 6.54. The third kappa shape index (κ3) is 6.91. The van der Waals surface area contributed by atoms with E-state index in [0.717, 1.165) is 58.1 Å². The van der Waals surface area contributed by atoms with E-state index in [-0.39, 0.29) is 24.0 Å². The van der Waals surface area contributed by atoms with E-state index >= 15 is 0 Å². The molecule has 1 N–H and O–H groups in total. The van der Waals surface area contributed by atoms with E-state index in [2.05, 4.69) is 47.5 Å². The summed E-state index contributed by atoms with van der Waals surface area (Å²) in [5.74, 6) is 1.70. The zero-order valence-corrected chi connectivity index (χ0v) is 18.9. The lowest BCUT2D eigenvalue weighted by atomic mass is 10.1. The number of rotatable bonds is 8. The van der Waals surface area contributed by atoms with Crippen LogP contribution in [0.15, 0.2) is 35.3 Å². The standard InChI is InChI=1S/C21H33N3O2.HI/c1-3-22-21(23-20-16-19(20)17-8-5-4-6-9-17)24-12-10-18(11-13-24)26-15-7-14-25-2;/h4-6,8-9,18-20H,3,7,10-16H2,1-2H3,(H,22,23);1H. The van der Waals surface area contributed by atoms with Gasteiger partial charge >= 0.3 is 0 Å². The molecule has 0 amide bonds. The van der Waals surface area contributed by atoms with Crippen molar-refractivity contribution >= 4 is 29.9 Å². The first-order valence-electron chi connectivity index (χ1n) is 10.0. The van der Waals surface area contributed by atoms with Crippen molar-refractivity contribution in [2.24, 2.45) is 4.99 Å². The highest BCUT2D eigenvalue weighted by Gasteiger charge is 2.39. The number of piperidine rings is 1. The monoisotopic (exact) mass is 487 g/mol. The molecule has 3 rings (SSSR count). The lowest BCUT2D eigenvalue weighted by Crippen LogP contribution is -2.48. The second-order valence-corrected chi connectivity index (χ2v) is 7.21. The number of nitrogens with zero attached hydrogens (tertiary/aromatic N) is 2. The van der Waals surface area contributed by atoms with E-state index < -0.39 is 0 Å². The molecule has 152 valence electrons. The van der Waals surface area contributed by atoms with Crippen molar-refractivity contribution in [2.45, 2.75) is 50.7 Å². The van der Waals surface area contributed by atoms with Crippen LogP contribution in [0.5, 0.6) is 0 Å². The van der Waals surface area contributed by atoms with Gasteiger partial charge in [0, 0.05) is 51.9 Å². The second kappa shape index (κ2) is 11.9. The number of methoxy groups -OCH3 is 1. The van der Waals surface area contributed by atoms with Gasteiger partial charge in [-0.15, -0.1) is 24.0 Å². The summed E-state index contributed by atoms with van der Waals surface area (Å²) in [6.07, 6.45) is 4.70. The average molecular weight is 487 g/mol. The van der Waals surface area contributed by atoms with E-state index in [1.54, 1.807) is 7.11 Å². The van der Waals surface area contributed by atoms with Gasteiger partial charge in [-0.2, -0.15) is 0 Å². The lowest BCUT2D eigenvalue weighted by molar-refractivity contribution is 0.00988. The molecule has 0 radical (unpaired) electrons. The molecular formula is C21H34IN3O2. The maximum atomic E-state index is 5.97. The minimum Gasteiger partial charge on any atom is -0.385 e. The van der Waals surface area contributed by atoms with Gasteiger partial charge in [0.15, 0.2) is 5.96 Å². The normalized spacial score (nSPS) is 23.0. The topological polar surface area (TPSA) is 46.1 Å². The molecule has 5 nitrogen and oxygen atoms in total. The molecule has 27 heavy (non-hydrogen) atoms. The molecule has 2 fully saturated rings. The SMILES string of the molecule is CCN=C(NC1CC1c1ccccc1)N1CCC(OCCCOC)CC1.I. The largest absolute Gasteiger partial charge is 0.385 e. The lowest BCUT2D eigenvalue weighted by Gasteiger charge is -2.34. The molecule has 2 atom stereocenters. The number of aliphatic imine (C=N–C) groups is 1. The zero-order valence-electron chi connectivity index (χ0n) is 16.6. The summed E-state index contributed by atoms with van der Waals surface area (Å²) >= 11 is 0. The molecule has 2 aliphatic rings. The van der Waals surface area contributed by atoms with Crippen molar-refractivity contribution in [2.75, 3.05) is 40.0 Å². The molecule has 0 aromatic heterocycles. The molecule has 1 aliphatic carbocycles. The van der Waals surface area contributed by atoms with Crippen LogP contribution in [0.2, 0.25) is 0 Å². The molecule has 1 aromatic carbocycles. The first kappa shape index (κ1) is 22.4. The van der Waals surface area contributed by atoms with Crippen LogP contribution in [0.3, 0.4) is 0 Å². The van der Waals surface area contributed by atoms with Crippen LogP contribution < -0.4 is 5.32 Å². The highest BCUT2D eigenvalue weighted by atomic mass is 127. The molecule has 1 saturated heterocycles. The second-order valence-electron chi connectivity index (χ2n) is 7.21. The van der Waals surface area contributed by atoms with Crippen molar-refractivity contribution in [1.82, 2.24) is 10.2 Å². The summed E-state index contributed by atoms with van der Waals surface area (Å²) in [4.78, 5) is 7.14. The minimum atomic E-state index is 0. The Morgan fingerprint density at radius 3 is 2.59 bits per heavy atom. The van der Waals surface area contributed by atoms with Gasteiger partial charge in [-0.3, -0.25) is 4.99 Å². The van der Waals surface area contributed by atoms with Crippen LogP contribution in [-0.2, 0) is 9.47 Å². The van der Waals surface area contributed by atoms with Gasteiger partial charge in [-0.05, 0) is 38.2 Å². The van der Waals surface area contributed by atoms with Gasteiger partial charge in [0.05, 0.1) is 6.10 Å². The summed E-state index contributed by atoms with van der Waals surface area (Å²) in [6, 6.07) is 11.3. The van der Waals surface area contributed by atoms with E-state index in [1.165, 1.54) is 12.0 Å². The predicted molar refractivity (Wildman–Crippen MR) is 121 cm³/mol. The van der Waals surface area contributed by atoms with E-state index in [1.807, 2.05) is 0 Å². The highest BCUT2D eigenvalue weighted by molar-refractivity contribution is 14.0. The molecular weight excluding hydrogens is 453 g/mol. The first-order chi connectivity index (χ1) is 12.8. The number of benzene rings is 1. The Morgan fingerprint density at radius 2 is 1.93 bits per heavy atom. The Hall–Kier alpha value is -0.860. The van der Waals surface area contributed by atoms with Gasteiger partial charge < -0.3 is 19.7 Å². The van der Waals surface area contributed by atoms with Gasteiger partial charge in [-0.1, -0.05) is 30.3 Å². The molecule has 1 aliphatic heterocycles. The molecule has 0 spiro atoms. The summed E-state index contributed by atoms with van der Waals surface area (Å²) in [7, 11) is 1.74. The number of likely N-dealkylation sites (tertiary alicyclic amines) is 1. The van der Waals surface area contributed by atoms with Crippen LogP contribution in [-0.4, -0.2) is 63.0 Å². The number of hydrogen-bond acceptors (Lipinski definition) is 3. The van der Waals surface area contributed by atoms with Crippen LogP contribution >= 0.6 is 24.0 Å². The third-order valence-corrected chi connectivity index (χ3v) is 5.23. The van der Waals surface area contributed by atoms with Crippen LogP contribution in [0.4, 0.5) is 0 Å². The first-order valence-corrected chi connectivity index (χ1v) is 10.0. The third-order valence-electron chi connectivity index (χ3n) is 5.23. The smallest absolute Gasteiger partial charge is 0.194 e. The van der Waals surface area contributed by atoms with Crippen molar-refractivity contribution in [3.8, 4) is 0 Å². The number of guanidine groups is 1. The average Bonchev–Trinajstić information content (AvgIpc) is 3.45. The van der Waals surface area contributed by atoms with Gasteiger partial charge in [0.2, 0.25) is 0 Å². The van der Waals surface area contributed by atoms with Crippen molar-refractivity contribution in [3.05, 3.63) is 35.9 Å². The zero-order chi connectivity index (χ0) is 18.2. The Kier molecular flexibility index (Phi) is 9.86. The van der Waals surface area contributed by atoms with E-state index in [4.69, 9.17) is 14.5 Å². The maximum absolute atomic E-state index is 5.97. The molecule has 2 unspecified atom stereocenters. The van der Waals surface area contributed by atoms with Crippen molar-refractivity contribution in [1.29, 1.82) is 0 Å². The van der Waals surface area contributed by atoms with Gasteiger partial charge in [0.1, 0.15) is 0 Å². The highest BCUT2D eigenvalue weighted by Crippen LogP contribution is 2.40. The Balaban J connectivity index is 0.00000261. The fourth-order valence-electron chi connectivity index (χ4n) is 3.66. The number of hydrogen-bond donors (Lipinski definition) is 1. The Bertz CT molecular complexity index is 562. The summed E-state index contributed by atoms with van der Waals surface area (Å²) in [5.41, 5.74) is 1.43. The molecule has 6 heteroatoms. The minimum absolute atomic E-state index is 0. The van der Waals surface area contributed by atoms with E-state index in [9.17, 15) is 0 Å². The quantitative estimate of drug-likeness (QED) is 0.263. The van der Waals surface area contributed by atoms with Crippen molar-refractivity contribution in [3.63, 3.8) is 0 Å². The molecule has 1 aromatic rings. The van der Waals surface area contributed by atoms with E-state index in [0.29, 0.717) is 18.1 Å². The predicted octanol–water partition coefficient (Wildman–Crippen LogP) is 3.64. The Morgan fingerprint density at radius 1 is 1.19 bits per heavy atom. The Labute approximate surface area is 180 Å². The van der Waals surface area contributed by atoms with Crippen LogP contribution in [0, 0.1) is 0 Å². The molecule has 1 heterocycles. The van der Waals surface area contributed by atoms with Crippen molar-refractivity contribution < 1.29 is 9.47 Å². The van der Waals surface area contributed by atoms with Crippen LogP contribution in [0.1, 0.15) is 44.1 Å². The fourth-order valence-corrected chi connectivity index (χ4v) is 3.66. The summed E-state index contributed by atoms with van der Waals surface area (Å²) in [5, 5.41) is 3.70. The number of ether oxygens (including phenoxy) is 2. The van der Waals surface area contributed by atoms with Gasteiger partial charge in [-0.25, -0.2) is 0 Å². The molecule has 0 bridgehead atoms. The summed E-state index contributed by atoms with van der Waals surface area (Å²) < 4.78 is 11.1. The maximum Gasteiger partial charge on any atom is 0.194 e. The fraction of sp³-hybridized carbons (Fsp3) is 0.667. The van der Waals surface area contributed by atoms with Gasteiger partial charge in [0.25, 0.3) is 0 Å². The number of nitrogens with one attached hydrogen (secondary N) is 1.